The van der Waals surface area contributed by atoms with Gasteiger partial charge in [0.05, 0.1) is 6.04 Å². The fraction of sp³-hybridized carbons (Fsp3) is 0.667. The number of carbonyl (C=O) groups excluding carboxylic acids is 1. The van der Waals surface area contributed by atoms with Crippen molar-refractivity contribution in [3.63, 3.8) is 0 Å². The van der Waals surface area contributed by atoms with Crippen LogP contribution in [-0.2, 0) is 4.79 Å². The second kappa shape index (κ2) is 6.75. The van der Waals surface area contributed by atoms with Gasteiger partial charge < -0.3 is 15.6 Å². The van der Waals surface area contributed by atoms with Crippen LogP contribution in [0.3, 0.4) is 0 Å². The summed E-state index contributed by atoms with van der Waals surface area (Å²) in [6.07, 6.45) is 6.72. The van der Waals surface area contributed by atoms with Crippen molar-refractivity contribution in [2.75, 3.05) is 13.1 Å². The molecule has 4 nitrogen and oxygen atoms in total. The van der Waals surface area contributed by atoms with Crippen molar-refractivity contribution < 1.29 is 4.79 Å². The van der Waals surface area contributed by atoms with Crippen molar-refractivity contribution >= 4 is 5.91 Å². The Labute approximate surface area is 115 Å². The Morgan fingerprint density at radius 3 is 3.11 bits per heavy atom. The van der Waals surface area contributed by atoms with E-state index in [2.05, 4.69) is 18.0 Å². The molecule has 2 atom stereocenters. The summed E-state index contributed by atoms with van der Waals surface area (Å²) < 4.78 is 0. The van der Waals surface area contributed by atoms with E-state index in [0.717, 1.165) is 32.2 Å². The zero-order valence-corrected chi connectivity index (χ0v) is 11.8. The van der Waals surface area contributed by atoms with Gasteiger partial charge in [-0.05, 0) is 50.3 Å². The van der Waals surface area contributed by atoms with Crippen molar-refractivity contribution in [2.45, 2.75) is 45.1 Å². The molecule has 1 aliphatic heterocycles. The predicted molar refractivity (Wildman–Crippen MR) is 76.6 cm³/mol. The van der Waals surface area contributed by atoms with Crippen LogP contribution >= 0.6 is 0 Å². The third-order valence-corrected chi connectivity index (χ3v) is 4.06. The lowest BCUT2D eigenvalue weighted by Gasteiger charge is -2.24. The molecule has 0 saturated carbocycles. The molecule has 1 amide bonds. The standard InChI is InChI=1S/C15H25N3O/c1-12(8-9-16)6-7-15(19)18-11-3-5-14(18)13-4-2-10-17-13/h2,4,10,12,14,17H,3,5-9,11,16H2,1H3. The zero-order valence-electron chi connectivity index (χ0n) is 11.8. The highest BCUT2D eigenvalue weighted by Gasteiger charge is 2.30. The van der Waals surface area contributed by atoms with Crippen LogP contribution in [0.5, 0.6) is 0 Å². The van der Waals surface area contributed by atoms with Crippen LogP contribution in [0, 0.1) is 5.92 Å². The molecule has 2 unspecified atom stereocenters. The molecule has 19 heavy (non-hydrogen) atoms. The summed E-state index contributed by atoms with van der Waals surface area (Å²) >= 11 is 0. The molecule has 0 bridgehead atoms. The lowest BCUT2D eigenvalue weighted by molar-refractivity contribution is -0.132. The highest BCUT2D eigenvalue weighted by atomic mass is 16.2. The summed E-state index contributed by atoms with van der Waals surface area (Å²) in [5.74, 6) is 0.835. The molecule has 2 heterocycles. The average Bonchev–Trinajstić information content (AvgIpc) is 3.05. The van der Waals surface area contributed by atoms with E-state index in [4.69, 9.17) is 5.73 Å². The molecule has 1 fully saturated rings. The molecule has 1 aromatic rings. The zero-order chi connectivity index (χ0) is 13.7. The largest absolute Gasteiger partial charge is 0.363 e. The van der Waals surface area contributed by atoms with Crippen molar-refractivity contribution in [3.05, 3.63) is 24.0 Å². The molecule has 2 rings (SSSR count). The molecular formula is C15H25N3O. The van der Waals surface area contributed by atoms with Gasteiger partial charge in [-0.1, -0.05) is 6.92 Å². The number of aromatic amines is 1. The number of rotatable bonds is 6. The van der Waals surface area contributed by atoms with Crippen LogP contribution in [0.25, 0.3) is 0 Å². The molecule has 3 N–H and O–H groups in total. The lowest BCUT2D eigenvalue weighted by Crippen LogP contribution is -2.30. The van der Waals surface area contributed by atoms with E-state index in [0.29, 0.717) is 24.8 Å². The smallest absolute Gasteiger partial charge is 0.223 e. The Kier molecular flexibility index (Phi) is 5.02. The van der Waals surface area contributed by atoms with E-state index >= 15 is 0 Å². The molecule has 0 aromatic carbocycles. The van der Waals surface area contributed by atoms with Gasteiger partial charge in [0, 0.05) is 24.9 Å². The Hall–Kier alpha value is -1.29. The van der Waals surface area contributed by atoms with E-state index < -0.39 is 0 Å². The Balaban J connectivity index is 1.88. The number of nitrogens with one attached hydrogen (secondary N) is 1. The van der Waals surface area contributed by atoms with Gasteiger partial charge in [0.15, 0.2) is 0 Å². The number of likely N-dealkylation sites (tertiary alicyclic amines) is 1. The van der Waals surface area contributed by atoms with Crippen LogP contribution in [-0.4, -0.2) is 28.9 Å². The summed E-state index contributed by atoms with van der Waals surface area (Å²) in [5, 5.41) is 0. The third-order valence-electron chi connectivity index (χ3n) is 4.06. The first-order valence-corrected chi connectivity index (χ1v) is 7.35. The maximum Gasteiger partial charge on any atom is 0.223 e. The highest BCUT2D eigenvalue weighted by molar-refractivity contribution is 5.77. The van der Waals surface area contributed by atoms with Gasteiger partial charge in [-0.2, -0.15) is 0 Å². The van der Waals surface area contributed by atoms with E-state index in [1.807, 2.05) is 17.2 Å². The van der Waals surface area contributed by atoms with E-state index in [1.54, 1.807) is 0 Å². The number of H-pyrrole nitrogens is 1. The number of hydrogen-bond acceptors (Lipinski definition) is 2. The lowest BCUT2D eigenvalue weighted by atomic mass is 10.0. The number of nitrogens with zero attached hydrogens (tertiary/aromatic N) is 1. The minimum absolute atomic E-state index is 0.257. The van der Waals surface area contributed by atoms with E-state index in [1.165, 1.54) is 5.69 Å². The molecule has 0 radical (unpaired) electrons. The molecule has 106 valence electrons. The van der Waals surface area contributed by atoms with Gasteiger partial charge in [-0.15, -0.1) is 0 Å². The van der Waals surface area contributed by atoms with Crippen LogP contribution in [0.4, 0.5) is 0 Å². The Morgan fingerprint density at radius 2 is 2.42 bits per heavy atom. The predicted octanol–water partition coefficient (Wildman–Crippen LogP) is 2.44. The first-order valence-electron chi connectivity index (χ1n) is 7.35. The summed E-state index contributed by atoms with van der Waals surface area (Å²) in [5.41, 5.74) is 6.71. The number of amides is 1. The van der Waals surface area contributed by atoms with Crippen LogP contribution in [0.2, 0.25) is 0 Å². The first-order chi connectivity index (χ1) is 9.22. The van der Waals surface area contributed by atoms with Crippen LogP contribution in [0.15, 0.2) is 18.3 Å². The van der Waals surface area contributed by atoms with Crippen molar-refractivity contribution in [3.8, 4) is 0 Å². The van der Waals surface area contributed by atoms with Gasteiger partial charge >= 0.3 is 0 Å². The highest BCUT2D eigenvalue weighted by Crippen LogP contribution is 2.31. The van der Waals surface area contributed by atoms with Crippen molar-refractivity contribution in [1.29, 1.82) is 0 Å². The molecule has 0 aliphatic carbocycles. The number of aromatic nitrogens is 1. The van der Waals surface area contributed by atoms with Crippen LogP contribution in [0.1, 0.15) is 50.8 Å². The first kappa shape index (κ1) is 14.1. The van der Waals surface area contributed by atoms with Gasteiger partial charge in [0.2, 0.25) is 5.91 Å². The van der Waals surface area contributed by atoms with Crippen molar-refractivity contribution in [2.24, 2.45) is 11.7 Å². The monoisotopic (exact) mass is 263 g/mol. The third kappa shape index (κ3) is 3.60. The minimum Gasteiger partial charge on any atom is -0.363 e. The Bertz CT molecular complexity index is 388. The van der Waals surface area contributed by atoms with Crippen molar-refractivity contribution in [1.82, 2.24) is 9.88 Å². The fourth-order valence-electron chi connectivity index (χ4n) is 2.88. The van der Waals surface area contributed by atoms with E-state index in [9.17, 15) is 4.79 Å². The molecular weight excluding hydrogens is 238 g/mol. The molecule has 1 aromatic heterocycles. The molecule has 1 saturated heterocycles. The summed E-state index contributed by atoms with van der Waals surface area (Å²) in [7, 11) is 0. The molecule has 4 heteroatoms. The normalized spacial score (nSPS) is 20.7. The number of hydrogen-bond donors (Lipinski definition) is 2. The minimum atomic E-state index is 0.257. The summed E-state index contributed by atoms with van der Waals surface area (Å²) in [6, 6.07) is 4.33. The number of carbonyl (C=O) groups is 1. The fourth-order valence-corrected chi connectivity index (χ4v) is 2.88. The van der Waals surface area contributed by atoms with E-state index in [-0.39, 0.29) is 6.04 Å². The van der Waals surface area contributed by atoms with Crippen LogP contribution < -0.4 is 5.73 Å². The maximum absolute atomic E-state index is 12.3. The quantitative estimate of drug-likeness (QED) is 0.828. The number of nitrogens with two attached hydrogens (primary N) is 1. The SMILES string of the molecule is CC(CCN)CCC(=O)N1CCCC1c1ccc[nH]1. The maximum atomic E-state index is 12.3. The van der Waals surface area contributed by atoms with Gasteiger partial charge in [-0.3, -0.25) is 4.79 Å². The average molecular weight is 263 g/mol. The topological polar surface area (TPSA) is 62.1 Å². The summed E-state index contributed by atoms with van der Waals surface area (Å²) in [6.45, 7) is 3.78. The van der Waals surface area contributed by atoms with Gasteiger partial charge in [0.1, 0.15) is 0 Å². The van der Waals surface area contributed by atoms with Gasteiger partial charge in [0.25, 0.3) is 0 Å². The second-order valence-corrected chi connectivity index (χ2v) is 5.59. The Morgan fingerprint density at radius 1 is 1.58 bits per heavy atom. The second-order valence-electron chi connectivity index (χ2n) is 5.59. The molecule has 0 spiro atoms. The molecule has 1 aliphatic rings. The van der Waals surface area contributed by atoms with Gasteiger partial charge in [-0.25, -0.2) is 0 Å². The summed E-state index contributed by atoms with van der Waals surface area (Å²) in [4.78, 5) is 17.6.